The number of amides is 3. The van der Waals surface area contributed by atoms with Gasteiger partial charge in [0.2, 0.25) is 11.8 Å². The number of carbonyl (C=O) groups excluding carboxylic acids is 3. The summed E-state index contributed by atoms with van der Waals surface area (Å²) in [6.07, 6.45) is 3.88. The van der Waals surface area contributed by atoms with E-state index in [0.29, 0.717) is 23.8 Å². The van der Waals surface area contributed by atoms with Gasteiger partial charge in [-0.25, -0.2) is 5.01 Å². The third-order valence-corrected chi connectivity index (χ3v) is 6.87. The molecule has 0 radical (unpaired) electrons. The van der Waals surface area contributed by atoms with Crippen molar-refractivity contribution in [2.24, 2.45) is 11.0 Å². The molecule has 1 unspecified atom stereocenters. The predicted octanol–water partition coefficient (Wildman–Crippen LogP) is 3.05. The van der Waals surface area contributed by atoms with Gasteiger partial charge in [-0.3, -0.25) is 25.2 Å². The first-order valence-corrected chi connectivity index (χ1v) is 11.5. The molecule has 0 saturated heterocycles. The second-order valence-corrected chi connectivity index (χ2v) is 9.23. The van der Waals surface area contributed by atoms with E-state index in [1.54, 1.807) is 0 Å². The van der Waals surface area contributed by atoms with E-state index in [4.69, 9.17) is 0 Å². The smallest absolute Gasteiger partial charge is 0.273 e. The van der Waals surface area contributed by atoms with Gasteiger partial charge in [0.1, 0.15) is 0 Å². The number of nitrogens with zero attached hydrogens (tertiary/aromatic N) is 2. The minimum absolute atomic E-state index is 0.00966. The first-order valence-electron chi connectivity index (χ1n) is 10.6. The molecule has 162 valence electrons. The summed E-state index contributed by atoms with van der Waals surface area (Å²) in [7, 11) is 0. The van der Waals surface area contributed by atoms with Crippen LogP contribution in [0.5, 0.6) is 0 Å². The summed E-state index contributed by atoms with van der Waals surface area (Å²) >= 11 is 1.49. The van der Waals surface area contributed by atoms with E-state index < -0.39 is 5.91 Å². The van der Waals surface area contributed by atoms with E-state index in [1.807, 2.05) is 36.4 Å². The minimum Gasteiger partial charge on any atom is -0.273 e. The lowest BCUT2D eigenvalue weighted by atomic mass is 9.90. The van der Waals surface area contributed by atoms with Crippen LogP contribution in [0.3, 0.4) is 0 Å². The summed E-state index contributed by atoms with van der Waals surface area (Å²) in [5, 5.41) is 5.81. The zero-order chi connectivity index (χ0) is 21.8. The number of nitrogens with one attached hydrogen (secondary N) is 2. The summed E-state index contributed by atoms with van der Waals surface area (Å²) in [4.78, 5) is 38.7. The summed E-state index contributed by atoms with van der Waals surface area (Å²) < 4.78 is 0. The number of hydrogen-bond acceptors (Lipinski definition) is 5. The lowest BCUT2D eigenvalue weighted by molar-refractivity contribution is -0.133. The van der Waals surface area contributed by atoms with Crippen LogP contribution in [0.25, 0.3) is 0 Å². The van der Waals surface area contributed by atoms with Crippen LogP contribution in [0.1, 0.15) is 58.3 Å². The molecule has 2 heterocycles. The molecule has 4 rings (SSSR count). The molecule has 1 atom stereocenters. The molecule has 0 spiro atoms. The average molecular weight is 439 g/mol. The molecular formula is C23H26N4O3S. The van der Waals surface area contributed by atoms with E-state index in [9.17, 15) is 14.4 Å². The van der Waals surface area contributed by atoms with Gasteiger partial charge in [0.15, 0.2) is 0 Å². The molecule has 1 aromatic carbocycles. The van der Waals surface area contributed by atoms with E-state index in [2.05, 4.69) is 22.9 Å². The second kappa shape index (κ2) is 9.43. The molecule has 0 saturated carbocycles. The standard InChI is InChI=1S/C23H26N4O3S/c1-15-7-8-19-17(13-15)14-20(31-19)23(30)25-24-21(28)9-10-22(29)27-12-11-18(26-27)16-5-3-2-4-6-16/h2-6,14-15H,7-13H2,1H3,(H,24,28)(H,25,30). The Kier molecular flexibility index (Phi) is 6.46. The highest BCUT2D eigenvalue weighted by atomic mass is 32.1. The number of thiophene rings is 1. The molecular weight excluding hydrogens is 412 g/mol. The number of rotatable bonds is 5. The van der Waals surface area contributed by atoms with Crippen molar-refractivity contribution < 1.29 is 14.4 Å². The third-order valence-electron chi connectivity index (χ3n) is 5.63. The first kappa shape index (κ1) is 21.2. The average Bonchev–Trinajstić information content (AvgIpc) is 3.43. The van der Waals surface area contributed by atoms with Gasteiger partial charge in [-0.05, 0) is 42.4 Å². The summed E-state index contributed by atoms with van der Waals surface area (Å²) in [5.74, 6) is -0.280. The Bertz CT molecular complexity index is 1020. The van der Waals surface area contributed by atoms with Gasteiger partial charge in [-0.15, -0.1) is 11.3 Å². The van der Waals surface area contributed by atoms with Crippen molar-refractivity contribution in [2.45, 2.75) is 45.4 Å². The molecule has 8 heteroatoms. The zero-order valence-corrected chi connectivity index (χ0v) is 18.3. The predicted molar refractivity (Wildman–Crippen MR) is 120 cm³/mol. The van der Waals surface area contributed by atoms with Crippen molar-refractivity contribution in [3.05, 3.63) is 57.3 Å². The quantitative estimate of drug-likeness (QED) is 0.703. The summed E-state index contributed by atoms with van der Waals surface area (Å²) in [5.41, 5.74) is 7.99. The Labute approximate surface area is 185 Å². The molecule has 31 heavy (non-hydrogen) atoms. The Hall–Kier alpha value is -3.00. The summed E-state index contributed by atoms with van der Waals surface area (Å²) in [6.45, 7) is 2.74. The van der Waals surface area contributed by atoms with E-state index in [1.165, 1.54) is 26.8 Å². The fraction of sp³-hybridized carbons (Fsp3) is 0.391. The molecule has 3 amide bonds. The van der Waals surface area contributed by atoms with Gasteiger partial charge in [0, 0.05) is 24.1 Å². The number of hydrogen-bond donors (Lipinski definition) is 2. The lowest BCUT2D eigenvalue weighted by Gasteiger charge is -2.16. The Morgan fingerprint density at radius 3 is 2.74 bits per heavy atom. The fourth-order valence-electron chi connectivity index (χ4n) is 3.89. The normalized spacial score (nSPS) is 17.6. The molecule has 1 aliphatic heterocycles. The highest BCUT2D eigenvalue weighted by molar-refractivity contribution is 7.14. The Morgan fingerprint density at radius 1 is 1.13 bits per heavy atom. The van der Waals surface area contributed by atoms with Crippen LogP contribution in [0.15, 0.2) is 41.5 Å². The Morgan fingerprint density at radius 2 is 1.94 bits per heavy atom. The number of benzene rings is 1. The highest BCUT2D eigenvalue weighted by Gasteiger charge is 2.23. The van der Waals surface area contributed by atoms with Crippen LogP contribution in [-0.2, 0) is 22.4 Å². The molecule has 2 aliphatic rings. The summed E-state index contributed by atoms with van der Waals surface area (Å²) in [6, 6.07) is 11.7. The van der Waals surface area contributed by atoms with Gasteiger partial charge < -0.3 is 0 Å². The number of hydrazine groups is 1. The van der Waals surface area contributed by atoms with Crippen molar-refractivity contribution in [3.8, 4) is 0 Å². The maximum absolute atomic E-state index is 12.4. The van der Waals surface area contributed by atoms with E-state index in [0.717, 1.165) is 30.5 Å². The number of fused-ring (bicyclic) bond motifs is 1. The first-order chi connectivity index (χ1) is 15.0. The SMILES string of the molecule is CC1CCc2sc(C(=O)NNC(=O)CCC(=O)N3CCC(c4ccccc4)=N3)cc2C1. The van der Waals surface area contributed by atoms with Gasteiger partial charge in [-0.2, -0.15) is 5.10 Å². The molecule has 1 aromatic heterocycles. The molecule has 2 N–H and O–H groups in total. The van der Waals surface area contributed by atoms with Crippen LogP contribution in [0.4, 0.5) is 0 Å². The molecule has 7 nitrogen and oxygen atoms in total. The number of hydrazone groups is 1. The minimum atomic E-state index is -0.400. The van der Waals surface area contributed by atoms with Crippen molar-refractivity contribution in [3.63, 3.8) is 0 Å². The van der Waals surface area contributed by atoms with Gasteiger partial charge in [0.25, 0.3) is 5.91 Å². The largest absolute Gasteiger partial charge is 0.279 e. The van der Waals surface area contributed by atoms with Crippen molar-refractivity contribution in [2.75, 3.05) is 6.54 Å². The fourth-order valence-corrected chi connectivity index (χ4v) is 4.99. The van der Waals surface area contributed by atoms with Crippen molar-refractivity contribution in [1.82, 2.24) is 15.9 Å². The third kappa shape index (κ3) is 5.19. The highest BCUT2D eigenvalue weighted by Crippen LogP contribution is 2.32. The molecule has 0 bridgehead atoms. The van der Waals surface area contributed by atoms with Crippen LogP contribution in [0, 0.1) is 5.92 Å². The van der Waals surface area contributed by atoms with Gasteiger partial charge >= 0.3 is 0 Å². The Balaban J connectivity index is 1.22. The van der Waals surface area contributed by atoms with E-state index >= 15 is 0 Å². The van der Waals surface area contributed by atoms with Gasteiger partial charge in [0.05, 0.1) is 17.1 Å². The number of carbonyl (C=O) groups is 3. The van der Waals surface area contributed by atoms with Crippen LogP contribution < -0.4 is 10.9 Å². The lowest BCUT2D eigenvalue weighted by Crippen LogP contribution is -2.41. The monoisotopic (exact) mass is 438 g/mol. The van der Waals surface area contributed by atoms with Crippen LogP contribution in [0.2, 0.25) is 0 Å². The van der Waals surface area contributed by atoms with E-state index in [-0.39, 0.29) is 24.7 Å². The van der Waals surface area contributed by atoms with Crippen molar-refractivity contribution in [1.29, 1.82) is 0 Å². The second-order valence-electron chi connectivity index (χ2n) is 8.09. The van der Waals surface area contributed by atoms with Gasteiger partial charge in [-0.1, -0.05) is 37.3 Å². The topological polar surface area (TPSA) is 90.9 Å². The maximum atomic E-state index is 12.4. The zero-order valence-electron chi connectivity index (χ0n) is 17.5. The van der Waals surface area contributed by atoms with Crippen molar-refractivity contribution >= 4 is 34.8 Å². The van der Waals surface area contributed by atoms with Crippen LogP contribution in [-0.4, -0.2) is 35.0 Å². The molecule has 2 aromatic rings. The molecule has 1 aliphatic carbocycles. The van der Waals surface area contributed by atoms with Crippen LogP contribution >= 0.6 is 11.3 Å². The number of aryl methyl sites for hydroxylation is 1. The maximum Gasteiger partial charge on any atom is 0.279 e. The molecule has 0 fully saturated rings.